The van der Waals surface area contributed by atoms with Gasteiger partial charge in [-0.05, 0) is 53.6 Å². The molecule has 8 heteroatoms. The Morgan fingerprint density at radius 2 is 1.85 bits per heavy atom. The van der Waals surface area contributed by atoms with Gasteiger partial charge in [0.1, 0.15) is 24.3 Å². The number of ether oxygens (including phenoxy) is 3. The number of hydrogen-bond acceptors (Lipinski definition) is 5. The first kappa shape index (κ1) is 22.5. The lowest BCUT2D eigenvalue weighted by atomic mass is 10.1. The maximum Gasteiger partial charge on any atom is 0.180 e. The van der Waals surface area contributed by atoms with Gasteiger partial charge in [0.05, 0.1) is 35.8 Å². The normalized spacial score (nSPS) is 11.3. The van der Waals surface area contributed by atoms with Crippen molar-refractivity contribution in [3.8, 4) is 23.3 Å². The maximum absolute atomic E-state index is 9.75. The summed E-state index contributed by atoms with van der Waals surface area (Å²) in [4.78, 5) is 7.67. The van der Waals surface area contributed by atoms with E-state index in [1.165, 1.54) is 7.11 Å². The molecule has 0 fully saturated rings. The van der Waals surface area contributed by atoms with Gasteiger partial charge in [0.25, 0.3) is 0 Å². The molecule has 1 heterocycles. The predicted octanol–water partition coefficient (Wildman–Crippen LogP) is 6.53. The lowest BCUT2D eigenvalue weighted by Gasteiger charge is -2.13. The molecule has 0 saturated carbocycles. The van der Waals surface area contributed by atoms with Crippen molar-refractivity contribution in [1.29, 1.82) is 5.26 Å². The van der Waals surface area contributed by atoms with Gasteiger partial charge in [-0.15, -0.1) is 0 Å². The van der Waals surface area contributed by atoms with Gasteiger partial charge in [-0.25, -0.2) is 4.98 Å². The van der Waals surface area contributed by atoms with Crippen LogP contribution in [0.1, 0.15) is 17.0 Å². The van der Waals surface area contributed by atoms with E-state index in [1.54, 1.807) is 37.5 Å². The number of methoxy groups -OCH3 is 2. The van der Waals surface area contributed by atoms with Crippen LogP contribution < -0.4 is 14.2 Å². The third kappa shape index (κ3) is 5.06. The fourth-order valence-electron chi connectivity index (χ4n) is 3.26. The van der Waals surface area contributed by atoms with E-state index < -0.39 is 0 Å². The Kier molecular flexibility index (Phi) is 6.74. The van der Waals surface area contributed by atoms with Gasteiger partial charge in [0.15, 0.2) is 11.5 Å². The van der Waals surface area contributed by atoms with Gasteiger partial charge in [-0.2, -0.15) is 5.26 Å². The number of hydrogen-bond donors (Lipinski definition) is 1. The van der Waals surface area contributed by atoms with E-state index in [1.807, 2.05) is 30.3 Å². The fraction of sp³-hybridized carbons (Fsp3) is 0.120. The summed E-state index contributed by atoms with van der Waals surface area (Å²) in [5.74, 6) is 2.01. The molecule has 6 nitrogen and oxygen atoms in total. The molecule has 0 aliphatic rings. The van der Waals surface area contributed by atoms with Crippen molar-refractivity contribution in [2.24, 2.45) is 0 Å². The van der Waals surface area contributed by atoms with Crippen LogP contribution in [-0.4, -0.2) is 24.2 Å². The lowest BCUT2D eigenvalue weighted by molar-refractivity contribution is 0.284. The molecule has 3 aromatic carbocycles. The van der Waals surface area contributed by atoms with Crippen molar-refractivity contribution in [2.45, 2.75) is 6.61 Å². The number of nitrogens with one attached hydrogen (secondary N) is 1. The minimum absolute atomic E-state index is 0.300. The number of aromatic amines is 1. The van der Waals surface area contributed by atoms with Gasteiger partial charge in [0.2, 0.25) is 0 Å². The average molecular weight is 480 g/mol. The molecule has 1 aromatic heterocycles. The maximum atomic E-state index is 9.75. The van der Waals surface area contributed by atoms with Crippen LogP contribution in [0.5, 0.6) is 17.2 Å². The van der Waals surface area contributed by atoms with Gasteiger partial charge in [0, 0.05) is 11.1 Å². The number of halogens is 2. The Morgan fingerprint density at radius 1 is 1.06 bits per heavy atom. The van der Waals surface area contributed by atoms with Crippen LogP contribution in [0.2, 0.25) is 10.0 Å². The number of fused-ring (bicyclic) bond motifs is 1. The fourth-order valence-corrected chi connectivity index (χ4v) is 3.66. The standard InChI is InChI=1S/C25H19Cl2N3O3/c1-31-19-7-8-21-22(12-19)30-25(29-21)17(13-28)9-16-10-20(27)24(23(11-16)32-2)33-14-15-3-5-18(26)6-4-15/h3-12H,14H2,1-2H3,(H,29,30)/b17-9-. The molecule has 0 aliphatic carbocycles. The highest BCUT2D eigenvalue weighted by atomic mass is 35.5. The molecule has 0 radical (unpaired) electrons. The number of H-pyrrole nitrogens is 1. The summed E-state index contributed by atoms with van der Waals surface area (Å²) in [6.45, 7) is 0.300. The summed E-state index contributed by atoms with van der Waals surface area (Å²) >= 11 is 12.4. The van der Waals surface area contributed by atoms with E-state index in [0.29, 0.717) is 50.9 Å². The molecule has 166 valence electrons. The predicted molar refractivity (Wildman–Crippen MR) is 130 cm³/mol. The smallest absolute Gasteiger partial charge is 0.180 e. The minimum Gasteiger partial charge on any atom is -0.497 e. The topological polar surface area (TPSA) is 80.2 Å². The molecule has 0 aliphatic heterocycles. The Labute approximate surface area is 200 Å². The Bertz CT molecular complexity index is 1370. The van der Waals surface area contributed by atoms with Crippen LogP contribution in [0.25, 0.3) is 22.7 Å². The van der Waals surface area contributed by atoms with Gasteiger partial charge >= 0.3 is 0 Å². The summed E-state index contributed by atoms with van der Waals surface area (Å²) in [7, 11) is 3.13. The van der Waals surface area contributed by atoms with Crippen LogP contribution in [0.3, 0.4) is 0 Å². The number of imidazole rings is 1. The second-order valence-corrected chi connectivity index (χ2v) is 7.93. The van der Waals surface area contributed by atoms with Crippen LogP contribution >= 0.6 is 23.2 Å². The molecule has 4 rings (SSSR count). The van der Waals surface area contributed by atoms with Crippen molar-refractivity contribution in [2.75, 3.05) is 14.2 Å². The van der Waals surface area contributed by atoms with Gasteiger partial charge < -0.3 is 19.2 Å². The molecular weight excluding hydrogens is 461 g/mol. The highest BCUT2D eigenvalue weighted by Crippen LogP contribution is 2.38. The molecule has 0 bridgehead atoms. The first-order chi connectivity index (χ1) is 16.0. The number of allylic oxidation sites excluding steroid dienone is 1. The zero-order valence-electron chi connectivity index (χ0n) is 17.9. The monoisotopic (exact) mass is 479 g/mol. The molecule has 0 atom stereocenters. The van der Waals surface area contributed by atoms with Gasteiger partial charge in [-0.3, -0.25) is 0 Å². The number of nitriles is 1. The van der Waals surface area contributed by atoms with Crippen molar-refractivity contribution in [1.82, 2.24) is 9.97 Å². The van der Waals surface area contributed by atoms with Crippen LogP contribution in [0, 0.1) is 11.3 Å². The molecular formula is C25H19Cl2N3O3. The molecule has 0 saturated heterocycles. The quantitative estimate of drug-likeness (QED) is 0.304. The molecule has 33 heavy (non-hydrogen) atoms. The zero-order valence-corrected chi connectivity index (χ0v) is 19.4. The molecule has 4 aromatic rings. The first-order valence-electron chi connectivity index (χ1n) is 9.91. The van der Waals surface area contributed by atoms with E-state index in [-0.39, 0.29) is 0 Å². The van der Waals surface area contributed by atoms with E-state index in [2.05, 4.69) is 16.0 Å². The summed E-state index contributed by atoms with van der Waals surface area (Å²) in [5, 5.41) is 10.8. The summed E-state index contributed by atoms with van der Waals surface area (Å²) in [6, 6.07) is 18.5. The SMILES string of the molecule is COc1ccc2nc(/C(C#N)=C\c3cc(Cl)c(OCc4ccc(Cl)cc4)c(OC)c3)[nH]c2c1. The van der Waals surface area contributed by atoms with Crippen LogP contribution in [0.4, 0.5) is 0 Å². The second-order valence-electron chi connectivity index (χ2n) is 7.09. The molecule has 1 N–H and O–H groups in total. The zero-order chi connectivity index (χ0) is 23.4. The number of nitrogens with zero attached hydrogens (tertiary/aromatic N) is 2. The number of rotatable bonds is 7. The van der Waals surface area contributed by atoms with Crippen molar-refractivity contribution in [3.63, 3.8) is 0 Å². The second kappa shape index (κ2) is 9.86. The van der Waals surface area contributed by atoms with Crippen LogP contribution in [0.15, 0.2) is 54.6 Å². The highest BCUT2D eigenvalue weighted by molar-refractivity contribution is 6.32. The Balaban J connectivity index is 1.63. The van der Waals surface area contributed by atoms with E-state index in [0.717, 1.165) is 16.6 Å². The van der Waals surface area contributed by atoms with E-state index in [4.69, 9.17) is 37.4 Å². The summed E-state index contributed by atoms with van der Waals surface area (Å²) in [6.07, 6.45) is 1.69. The van der Waals surface area contributed by atoms with Crippen LogP contribution in [-0.2, 0) is 6.61 Å². The summed E-state index contributed by atoms with van der Waals surface area (Å²) < 4.78 is 16.6. The van der Waals surface area contributed by atoms with Crippen molar-refractivity contribution < 1.29 is 14.2 Å². The first-order valence-corrected chi connectivity index (χ1v) is 10.7. The molecule has 0 amide bonds. The Morgan fingerprint density at radius 3 is 2.55 bits per heavy atom. The largest absolute Gasteiger partial charge is 0.497 e. The van der Waals surface area contributed by atoms with E-state index in [9.17, 15) is 5.26 Å². The highest BCUT2D eigenvalue weighted by Gasteiger charge is 2.14. The average Bonchev–Trinajstić information content (AvgIpc) is 3.25. The lowest BCUT2D eigenvalue weighted by Crippen LogP contribution is -1.99. The minimum atomic E-state index is 0.300. The molecule has 0 unspecified atom stereocenters. The molecule has 0 spiro atoms. The summed E-state index contributed by atoms with van der Waals surface area (Å²) in [5.41, 5.74) is 3.46. The number of aromatic nitrogens is 2. The van der Waals surface area contributed by atoms with Crippen molar-refractivity contribution in [3.05, 3.63) is 81.6 Å². The van der Waals surface area contributed by atoms with Gasteiger partial charge in [-0.1, -0.05) is 35.3 Å². The third-order valence-corrected chi connectivity index (χ3v) is 5.46. The van der Waals surface area contributed by atoms with E-state index >= 15 is 0 Å². The number of benzene rings is 3. The Hall–Kier alpha value is -3.66. The van der Waals surface area contributed by atoms with Crippen molar-refractivity contribution >= 4 is 45.9 Å². The third-order valence-electron chi connectivity index (χ3n) is 4.92.